The molecule has 0 radical (unpaired) electrons. The fourth-order valence-electron chi connectivity index (χ4n) is 6.37. The van der Waals surface area contributed by atoms with Crippen LogP contribution in [-0.2, 0) is 36.7 Å². The van der Waals surface area contributed by atoms with Crippen LogP contribution in [0.2, 0.25) is 0 Å². The van der Waals surface area contributed by atoms with Gasteiger partial charge in [-0.1, -0.05) is 63.2 Å². The van der Waals surface area contributed by atoms with Crippen LogP contribution in [0.5, 0.6) is 5.75 Å². The number of nitrogens with zero attached hydrogens (tertiary/aromatic N) is 2. The summed E-state index contributed by atoms with van der Waals surface area (Å²) >= 11 is 0. The summed E-state index contributed by atoms with van der Waals surface area (Å²) < 4.78 is 64.1. The quantitative estimate of drug-likeness (QED) is 0.168. The second-order valence-electron chi connectivity index (χ2n) is 14.4. The maximum Gasteiger partial charge on any atom is 0.573 e. The van der Waals surface area contributed by atoms with E-state index in [9.17, 15) is 32.7 Å². The number of aliphatic hydroxyl groups is 1. The number of hydrogen-bond acceptors (Lipinski definition) is 11. The normalized spacial score (nSPS) is 19.8. The molecule has 2 saturated heterocycles. The SMILES string of the molecule is COC(=O)NC(C(=O)NN(Cc1ccc(OC(F)(F)F)cc1)CC(O)C(Cc1ccc(-c2cccnc2)cc1)NC(=O)OC1COC2OCCC12)C(C)(C)C. The molecule has 3 heterocycles. The molecule has 5 rings (SSSR count). The molecule has 0 saturated carbocycles. The highest BCUT2D eigenvalue weighted by Gasteiger charge is 2.44. The molecule has 2 aromatic carbocycles. The first-order valence-electron chi connectivity index (χ1n) is 17.7. The topological polar surface area (TPSA) is 170 Å². The number of alkyl carbamates (subject to hydrolysis) is 2. The second kappa shape index (κ2) is 18.1. The molecular formula is C38H46F3N5O9. The molecule has 2 fully saturated rings. The summed E-state index contributed by atoms with van der Waals surface area (Å²) in [5, 5.41) is 18.5. The Morgan fingerprint density at radius 3 is 2.31 bits per heavy atom. The minimum atomic E-state index is -4.89. The van der Waals surface area contributed by atoms with Crippen molar-refractivity contribution in [1.82, 2.24) is 26.1 Å². The number of hydrazine groups is 1. The van der Waals surface area contributed by atoms with E-state index in [1.807, 2.05) is 36.4 Å². The van der Waals surface area contributed by atoms with Gasteiger partial charge in [-0.3, -0.25) is 15.2 Å². The lowest BCUT2D eigenvalue weighted by atomic mass is 9.86. The third-order valence-corrected chi connectivity index (χ3v) is 9.20. The Bertz CT molecular complexity index is 1730. The molecule has 17 heteroatoms. The minimum absolute atomic E-state index is 0.107. The molecule has 0 spiro atoms. The summed E-state index contributed by atoms with van der Waals surface area (Å²) in [5.41, 5.74) is 4.95. The largest absolute Gasteiger partial charge is 0.573 e. The van der Waals surface area contributed by atoms with E-state index in [1.165, 1.54) is 17.1 Å². The fraction of sp³-hybridized carbons (Fsp3) is 0.474. The van der Waals surface area contributed by atoms with E-state index in [2.05, 4.69) is 25.8 Å². The highest BCUT2D eigenvalue weighted by molar-refractivity contribution is 5.86. The number of alkyl halides is 3. The van der Waals surface area contributed by atoms with Gasteiger partial charge in [-0.2, -0.15) is 0 Å². The second-order valence-corrected chi connectivity index (χ2v) is 14.4. The number of pyridine rings is 1. The summed E-state index contributed by atoms with van der Waals surface area (Å²) in [5.74, 6) is -1.23. The van der Waals surface area contributed by atoms with Gasteiger partial charge in [0.15, 0.2) is 6.29 Å². The average Bonchev–Trinajstić information content (AvgIpc) is 3.75. The van der Waals surface area contributed by atoms with Crippen LogP contribution in [0.25, 0.3) is 11.1 Å². The van der Waals surface area contributed by atoms with E-state index in [-0.39, 0.29) is 32.0 Å². The van der Waals surface area contributed by atoms with Crippen LogP contribution < -0.4 is 20.8 Å². The lowest BCUT2D eigenvalue weighted by Crippen LogP contribution is -2.59. The minimum Gasteiger partial charge on any atom is -0.453 e. The molecule has 0 aliphatic carbocycles. The number of rotatable bonds is 14. The monoisotopic (exact) mass is 773 g/mol. The molecule has 55 heavy (non-hydrogen) atoms. The molecule has 3 amide bonds. The van der Waals surface area contributed by atoms with Gasteiger partial charge in [0, 0.05) is 25.5 Å². The van der Waals surface area contributed by atoms with Crippen molar-refractivity contribution in [3.8, 4) is 16.9 Å². The molecule has 14 nitrogen and oxygen atoms in total. The Morgan fingerprint density at radius 2 is 1.67 bits per heavy atom. The Labute approximate surface area is 316 Å². The molecule has 4 N–H and O–H groups in total. The van der Waals surface area contributed by atoms with Gasteiger partial charge in [-0.05, 0) is 58.7 Å². The summed E-state index contributed by atoms with van der Waals surface area (Å²) in [7, 11) is 1.16. The lowest BCUT2D eigenvalue weighted by molar-refractivity contribution is -0.274. The molecule has 3 aromatic rings. The molecular weight excluding hydrogens is 727 g/mol. The molecule has 0 bridgehead atoms. The third kappa shape index (κ3) is 12.0. The number of carbonyl (C=O) groups is 3. The van der Waals surface area contributed by atoms with E-state index in [4.69, 9.17) is 18.9 Å². The molecule has 1 aromatic heterocycles. The van der Waals surface area contributed by atoms with Crippen molar-refractivity contribution in [2.75, 3.05) is 26.9 Å². The van der Waals surface area contributed by atoms with E-state index in [0.29, 0.717) is 18.6 Å². The molecule has 6 atom stereocenters. The lowest BCUT2D eigenvalue weighted by Gasteiger charge is -2.34. The maximum atomic E-state index is 13.7. The van der Waals surface area contributed by atoms with Crippen molar-refractivity contribution < 1.29 is 56.3 Å². The standard InChI is InChI=1S/C38H46F3N5O9/c1-37(2,3)32(44-35(49)51-4)33(48)45-46(20-24-9-13-27(14-10-24)55-38(39,40)41)21-30(47)29(43-36(50)54-31-22-53-34-28(31)15-17-52-34)18-23-7-11-25(12-8-23)26-6-5-16-42-19-26/h5-14,16,19,28-32,34,47H,15,17-18,20-22H2,1-4H3,(H,43,50)(H,44,49)(H,45,48). The number of amides is 3. The Balaban J connectivity index is 1.38. The van der Waals surface area contributed by atoms with Gasteiger partial charge in [0.25, 0.3) is 5.91 Å². The average molecular weight is 774 g/mol. The van der Waals surface area contributed by atoms with Gasteiger partial charge in [0.05, 0.1) is 38.4 Å². The van der Waals surface area contributed by atoms with Crippen LogP contribution in [0.4, 0.5) is 22.8 Å². The number of ether oxygens (including phenoxy) is 5. The summed E-state index contributed by atoms with van der Waals surface area (Å²) in [6.07, 6.45) is -4.68. The number of carbonyl (C=O) groups excluding carboxylic acids is 3. The van der Waals surface area contributed by atoms with E-state index in [0.717, 1.165) is 35.9 Å². The predicted molar refractivity (Wildman–Crippen MR) is 191 cm³/mol. The van der Waals surface area contributed by atoms with Crippen LogP contribution in [0.3, 0.4) is 0 Å². The first kappa shape index (κ1) is 41.2. The smallest absolute Gasteiger partial charge is 0.453 e. The van der Waals surface area contributed by atoms with Crippen LogP contribution in [0, 0.1) is 11.3 Å². The van der Waals surface area contributed by atoms with Crippen molar-refractivity contribution >= 4 is 18.1 Å². The molecule has 2 aliphatic rings. The first-order valence-corrected chi connectivity index (χ1v) is 17.7. The van der Waals surface area contributed by atoms with Crippen LogP contribution in [-0.4, -0.2) is 97.0 Å². The Kier molecular flexibility index (Phi) is 13.6. The van der Waals surface area contributed by atoms with E-state index < -0.39 is 66.2 Å². The van der Waals surface area contributed by atoms with Crippen molar-refractivity contribution in [2.24, 2.45) is 11.3 Å². The molecule has 6 unspecified atom stereocenters. The Morgan fingerprint density at radius 1 is 0.964 bits per heavy atom. The van der Waals surface area contributed by atoms with Crippen LogP contribution >= 0.6 is 0 Å². The Hall–Kier alpha value is -4.97. The van der Waals surface area contributed by atoms with Gasteiger partial charge in [-0.15, -0.1) is 13.2 Å². The van der Waals surface area contributed by atoms with Gasteiger partial charge in [0.2, 0.25) is 0 Å². The summed E-state index contributed by atoms with van der Waals surface area (Å²) in [4.78, 5) is 43.5. The third-order valence-electron chi connectivity index (χ3n) is 9.20. The van der Waals surface area contributed by atoms with Gasteiger partial charge in [-0.25, -0.2) is 14.6 Å². The van der Waals surface area contributed by atoms with Gasteiger partial charge in [0.1, 0.15) is 17.9 Å². The van der Waals surface area contributed by atoms with Crippen molar-refractivity contribution in [2.45, 2.75) is 77.1 Å². The molecule has 2 aliphatic heterocycles. The van der Waals surface area contributed by atoms with Crippen molar-refractivity contribution in [1.29, 1.82) is 0 Å². The number of aromatic nitrogens is 1. The number of nitrogens with one attached hydrogen (secondary N) is 3. The predicted octanol–water partition coefficient (Wildman–Crippen LogP) is 4.71. The fourth-order valence-corrected chi connectivity index (χ4v) is 6.37. The number of aliphatic hydroxyl groups excluding tert-OH is 1. The molecule has 298 valence electrons. The zero-order valence-corrected chi connectivity index (χ0v) is 30.9. The highest BCUT2D eigenvalue weighted by atomic mass is 19.4. The zero-order chi connectivity index (χ0) is 39.8. The van der Waals surface area contributed by atoms with Crippen molar-refractivity contribution in [3.63, 3.8) is 0 Å². The highest BCUT2D eigenvalue weighted by Crippen LogP contribution is 2.33. The van der Waals surface area contributed by atoms with Gasteiger partial charge < -0.3 is 39.4 Å². The van der Waals surface area contributed by atoms with Crippen molar-refractivity contribution in [3.05, 3.63) is 84.2 Å². The summed E-state index contributed by atoms with van der Waals surface area (Å²) in [6.45, 7) is 5.44. The number of fused-ring (bicyclic) bond motifs is 1. The van der Waals surface area contributed by atoms with Crippen LogP contribution in [0.1, 0.15) is 38.3 Å². The van der Waals surface area contributed by atoms with E-state index >= 15 is 0 Å². The van der Waals surface area contributed by atoms with E-state index in [1.54, 1.807) is 33.2 Å². The van der Waals surface area contributed by atoms with Crippen LogP contribution in [0.15, 0.2) is 73.1 Å². The number of methoxy groups -OCH3 is 1. The first-order chi connectivity index (χ1) is 26.1. The maximum absolute atomic E-state index is 13.7. The number of benzene rings is 2. The zero-order valence-electron chi connectivity index (χ0n) is 30.9. The van der Waals surface area contributed by atoms with Gasteiger partial charge >= 0.3 is 18.5 Å². The number of halogens is 3. The number of hydrogen-bond donors (Lipinski definition) is 4. The summed E-state index contributed by atoms with van der Waals surface area (Å²) in [6, 6.07) is 14.2.